The third kappa shape index (κ3) is 3.57. The molecule has 0 fully saturated rings. The van der Waals surface area contributed by atoms with Crippen LogP contribution in [-0.4, -0.2) is 25.4 Å². The molecule has 0 spiro atoms. The Morgan fingerprint density at radius 1 is 1.04 bits per heavy atom. The molecule has 0 aliphatic heterocycles. The summed E-state index contributed by atoms with van der Waals surface area (Å²) in [6.07, 6.45) is 5.45. The fourth-order valence-electron chi connectivity index (χ4n) is 2.76. The van der Waals surface area contributed by atoms with Gasteiger partial charge in [0.25, 0.3) is 0 Å². The predicted molar refractivity (Wildman–Crippen MR) is 104 cm³/mol. The zero-order valence-electron chi connectivity index (χ0n) is 14.5. The van der Waals surface area contributed by atoms with Crippen LogP contribution in [0.25, 0.3) is 16.9 Å². The van der Waals surface area contributed by atoms with Crippen molar-refractivity contribution in [1.29, 1.82) is 0 Å². The molecule has 4 aromatic rings. The van der Waals surface area contributed by atoms with Gasteiger partial charge in [0.2, 0.25) is 5.91 Å². The molecular weight excluding hydrogens is 342 g/mol. The molecule has 0 aliphatic carbocycles. The molecule has 2 heterocycles. The van der Waals surface area contributed by atoms with Gasteiger partial charge < -0.3 is 20.1 Å². The van der Waals surface area contributed by atoms with Gasteiger partial charge in [-0.05, 0) is 48.5 Å². The Hall–Kier alpha value is -3.87. The van der Waals surface area contributed by atoms with Crippen LogP contribution in [0.4, 0.5) is 17.2 Å². The van der Waals surface area contributed by atoms with Gasteiger partial charge in [0.1, 0.15) is 5.75 Å². The van der Waals surface area contributed by atoms with Crippen LogP contribution in [0.1, 0.15) is 6.92 Å². The summed E-state index contributed by atoms with van der Waals surface area (Å²) in [5.74, 6) is 0.705. The lowest BCUT2D eigenvalue weighted by Crippen LogP contribution is -2.05. The lowest BCUT2D eigenvalue weighted by molar-refractivity contribution is -0.114. The van der Waals surface area contributed by atoms with E-state index in [4.69, 9.17) is 4.98 Å². The Morgan fingerprint density at radius 3 is 2.44 bits per heavy atom. The lowest BCUT2D eigenvalue weighted by Gasteiger charge is -2.11. The van der Waals surface area contributed by atoms with Crippen molar-refractivity contribution in [2.45, 2.75) is 6.92 Å². The van der Waals surface area contributed by atoms with Crippen molar-refractivity contribution in [3.63, 3.8) is 0 Å². The minimum absolute atomic E-state index is 0.113. The summed E-state index contributed by atoms with van der Waals surface area (Å²) in [6, 6.07) is 14.2. The number of nitrogens with zero attached hydrogens (tertiary/aromatic N) is 3. The van der Waals surface area contributed by atoms with Gasteiger partial charge in [0.15, 0.2) is 11.5 Å². The molecule has 0 aliphatic rings. The van der Waals surface area contributed by atoms with Crippen molar-refractivity contribution in [2.75, 3.05) is 10.6 Å². The second-order valence-electron chi connectivity index (χ2n) is 6.06. The topological polar surface area (TPSA) is 91.5 Å². The van der Waals surface area contributed by atoms with Crippen molar-refractivity contribution in [2.24, 2.45) is 0 Å². The maximum absolute atomic E-state index is 11.1. The molecule has 7 heteroatoms. The first-order chi connectivity index (χ1) is 13.1. The first kappa shape index (κ1) is 16.6. The molecular formula is C20H17N5O2. The maximum atomic E-state index is 11.1. The fraction of sp³-hybridized carbons (Fsp3) is 0.0500. The molecule has 3 N–H and O–H groups in total. The van der Waals surface area contributed by atoms with Gasteiger partial charge in [0, 0.05) is 42.5 Å². The monoisotopic (exact) mass is 359 g/mol. The summed E-state index contributed by atoms with van der Waals surface area (Å²) < 4.78 is 1.89. The van der Waals surface area contributed by atoms with Gasteiger partial charge in [-0.1, -0.05) is 0 Å². The first-order valence-electron chi connectivity index (χ1n) is 8.36. The zero-order valence-corrected chi connectivity index (χ0v) is 14.5. The van der Waals surface area contributed by atoms with Crippen molar-refractivity contribution in [3.8, 4) is 17.0 Å². The van der Waals surface area contributed by atoms with E-state index in [0.717, 1.165) is 22.6 Å². The normalized spacial score (nSPS) is 10.7. The molecule has 7 nitrogen and oxygen atoms in total. The Morgan fingerprint density at radius 2 is 1.74 bits per heavy atom. The van der Waals surface area contributed by atoms with Gasteiger partial charge in [-0.2, -0.15) is 0 Å². The number of aromatic nitrogens is 3. The standard InChI is InChI=1S/C20H17N5O2/c1-13(26)22-15-4-6-16(7-5-15)23-19-20-21-10-11-25(20)12-18(24-19)14-2-8-17(27)9-3-14/h2-12,27H,1H3,(H,22,26)(H,23,24). The van der Waals surface area contributed by atoms with Crippen LogP contribution in [0, 0.1) is 0 Å². The van der Waals surface area contributed by atoms with E-state index in [1.165, 1.54) is 6.92 Å². The van der Waals surface area contributed by atoms with Crippen LogP contribution in [0.3, 0.4) is 0 Å². The molecule has 27 heavy (non-hydrogen) atoms. The highest BCUT2D eigenvalue weighted by Gasteiger charge is 2.10. The van der Waals surface area contributed by atoms with Crippen LogP contribution >= 0.6 is 0 Å². The molecule has 0 bridgehead atoms. The van der Waals surface area contributed by atoms with Gasteiger partial charge >= 0.3 is 0 Å². The number of benzene rings is 2. The lowest BCUT2D eigenvalue weighted by atomic mass is 10.1. The third-order valence-electron chi connectivity index (χ3n) is 4.01. The third-order valence-corrected chi connectivity index (χ3v) is 4.01. The van der Waals surface area contributed by atoms with Gasteiger partial charge in [-0.3, -0.25) is 4.79 Å². The van der Waals surface area contributed by atoms with Gasteiger partial charge in [-0.25, -0.2) is 9.97 Å². The highest BCUT2D eigenvalue weighted by molar-refractivity contribution is 5.89. The van der Waals surface area contributed by atoms with E-state index in [-0.39, 0.29) is 11.7 Å². The van der Waals surface area contributed by atoms with Crippen molar-refractivity contribution < 1.29 is 9.90 Å². The Labute approximate surface area is 155 Å². The largest absolute Gasteiger partial charge is 0.508 e. The fourth-order valence-corrected chi connectivity index (χ4v) is 2.76. The first-order valence-corrected chi connectivity index (χ1v) is 8.36. The Kier molecular flexibility index (Phi) is 4.18. The highest BCUT2D eigenvalue weighted by atomic mass is 16.3. The molecule has 4 rings (SSSR count). The molecule has 134 valence electrons. The highest BCUT2D eigenvalue weighted by Crippen LogP contribution is 2.26. The number of phenolic OH excluding ortho intramolecular Hbond substituents is 1. The summed E-state index contributed by atoms with van der Waals surface area (Å²) in [7, 11) is 0. The summed E-state index contributed by atoms with van der Waals surface area (Å²) in [4.78, 5) is 20.2. The summed E-state index contributed by atoms with van der Waals surface area (Å²) >= 11 is 0. The molecule has 0 saturated heterocycles. The van der Waals surface area contributed by atoms with Crippen LogP contribution in [0.5, 0.6) is 5.75 Å². The number of amides is 1. The van der Waals surface area contributed by atoms with E-state index in [9.17, 15) is 9.90 Å². The Balaban J connectivity index is 1.69. The van der Waals surface area contributed by atoms with Crippen LogP contribution in [0.15, 0.2) is 67.1 Å². The van der Waals surface area contributed by atoms with E-state index in [0.29, 0.717) is 11.5 Å². The molecule has 0 atom stereocenters. The average Bonchev–Trinajstić information content (AvgIpc) is 3.12. The van der Waals surface area contributed by atoms with E-state index >= 15 is 0 Å². The average molecular weight is 359 g/mol. The smallest absolute Gasteiger partial charge is 0.221 e. The van der Waals surface area contributed by atoms with E-state index in [2.05, 4.69) is 15.6 Å². The second kappa shape index (κ2) is 6.80. The number of rotatable bonds is 4. The molecule has 2 aromatic heterocycles. The number of anilines is 3. The molecule has 1 amide bonds. The van der Waals surface area contributed by atoms with E-state index in [1.54, 1.807) is 18.3 Å². The van der Waals surface area contributed by atoms with Crippen LogP contribution in [0.2, 0.25) is 0 Å². The van der Waals surface area contributed by atoms with Crippen LogP contribution in [-0.2, 0) is 4.79 Å². The van der Waals surface area contributed by atoms with Gasteiger partial charge in [0.05, 0.1) is 5.69 Å². The van der Waals surface area contributed by atoms with E-state index < -0.39 is 0 Å². The number of carbonyl (C=O) groups is 1. The minimum atomic E-state index is -0.113. The number of carbonyl (C=O) groups excluding carboxylic acids is 1. The number of imidazole rings is 1. The number of nitrogens with one attached hydrogen (secondary N) is 2. The predicted octanol–water partition coefficient (Wildman–Crippen LogP) is 3.80. The van der Waals surface area contributed by atoms with Gasteiger partial charge in [-0.15, -0.1) is 0 Å². The van der Waals surface area contributed by atoms with Crippen molar-refractivity contribution in [1.82, 2.24) is 14.4 Å². The maximum Gasteiger partial charge on any atom is 0.221 e. The van der Waals surface area contributed by atoms with Crippen molar-refractivity contribution >= 4 is 28.7 Å². The summed E-state index contributed by atoms with van der Waals surface area (Å²) in [6.45, 7) is 1.47. The number of aromatic hydroxyl groups is 1. The number of hydrogen-bond donors (Lipinski definition) is 3. The SMILES string of the molecule is CC(=O)Nc1ccc(Nc2nc(-c3ccc(O)cc3)cn3ccnc23)cc1. The molecule has 0 saturated carbocycles. The summed E-state index contributed by atoms with van der Waals surface area (Å²) in [5, 5.41) is 15.5. The number of hydrogen-bond acceptors (Lipinski definition) is 5. The second-order valence-corrected chi connectivity index (χ2v) is 6.06. The van der Waals surface area contributed by atoms with E-state index in [1.807, 2.05) is 53.2 Å². The van der Waals surface area contributed by atoms with Crippen LogP contribution < -0.4 is 10.6 Å². The quantitative estimate of drug-likeness (QED) is 0.515. The molecule has 0 unspecified atom stereocenters. The zero-order chi connectivity index (χ0) is 18.8. The number of fused-ring (bicyclic) bond motifs is 1. The number of phenols is 1. The minimum Gasteiger partial charge on any atom is -0.508 e. The summed E-state index contributed by atoms with van der Waals surface area (Å²) in [5.41, 5.74) is 3.88. The Bertz CT molecular complexity index is 1100. The molecule has 0 radical (unpaired) electrons. The molecule has 2 aromatic carbocycles. The van der Waals surface area contributed by atoms with Crippen molar-refractivity contribution in [3.05, 3.63) is 67.1 Å².